The monoisotopic (exact) mass is 311 g/mol. The average Bonchev–Trinajstić information content (AvgIpc) is 3.09. The number of aromatic nitrogens is 2. The van der Waals surface area contributed by atoms with E-state index in [1.165, 1.54) is 0 Å². The van der Waals surface area contributed by atoms with Gasteiger partial charge in [-0.05, 0) is 12.5 Å². The highest BCUT2D eigenvalue weighted by Gasteiger charge is 2.51. The van der Waals surface area contributed by atoms with Crippen LogP contribution in [0.1, 0.15) is 16.9 Å². The van der Waals surface area contributed by atoms with Gasteiger partial charge in [-0.15, -0.1) is 11.8 Å². The van der Waals surface area contributed by atoms with Gasteiger partial charge in [0.1, 0.15) is 5.69 Å². The highest BCUT2D eigenvalue weighted by Crippen LogP contribution is 2.46. The van der Waals surface area contributed by atoms with Crippen molar-refractivity contribution in [3.8, 4) is 0 Å². The number of methoxy groups -OCH3 is 2. The molecule has 1 spiro atoms. The van der Waals surface area contributed by atoms with Crippen LogP contribution in [0.25, 0.3) is 0 Å². The molecule has 6 nitrogen and oxygen atoms in total. The fraction of sp³-hybridized carbons (Fsp3) is 0.714. The van der Waals surface area contributed by atoms with Crippen molar-refractivity contribution in [1.29, 1.82) is 0 Å². The highest BCUT2D eigenvalue weighted by atomic mass is 32.2. The van der Waals surface area contributed by atoms with E-state index in [-0.39, 0.29) is 10.7 Å². The Balaban J connectivity index is 1.54. The van der Waals surface area contributed by atoms with Crippen LogP contribution in [-0.4, -0.2) is 71.1 Å². The minimum absolute atomic E-state index is 0.0262. The maximum Gasteiger partial charge on any atom is 0.274 e. The summed E-state index contributed by atoms with van der Waals surface area (Å²) in [4.78, 5) is 14.3. The van der Waals surface area contributed by atoms with Crippen LogP contribution in [0.4, 0.5) is 0 Å². The van der Waals surface area contributed by atoms with E-state index in [0.717, 1.165) is 25.3 Å². The van der Waals surface area contributed by atoms with Crippen LogP contribution < -0.4 is 0 Å². The molecule has 0 aliphatic carbocycles. The van der Waals surface area contributed by atoms with Gasteiger partial charge in [-0.3, -0.25) is 9.48 Å². The molecule has 1 aromatic heterocycles. The van der Waals surface area contributed by atoms with Gasteiger partial charge in [-0.2, -0.15) is 5.10 Å². The van der Waals surface area contributed by atoms with Crippen molar-refractivity contribution in [2.24, 2.45) is 0 Å². The Kier molecular flexibility index (Phi) is 4.24. The smallest absolute Gasteiger partial charge is 0.274 e. The zero-order chi connectivity index (χ0) is 14.9. The molecule has 0 unspecified atom stereocenters. The summed E-state index contributed by atoms with van der Waals surface area (Å²) in [5, 5.41) is 4.31. The van der Waals surface area contributed by atoms with E-state index < -0.39 is 0 Å². The first-order valence-electron chi connectivity index (χ1n) is 7.14. The number of hydrogen-bond acceptors (Lipinski definition) is 5. The van der Waals surface area contributed by atoms with Gasteiger partial charge in [0.15, 0.2) is 0 Å². The molecule has 3 rings (SSSR count). The lowest BCUT2D eigenvalue weighted by molar-refractivity contribution is 0.0445. The van der Waals surface area contributed by atoms with Gasteiger partial charge in [0.2, 0.25) is 0 Å². The second-order valence-corrected chi connectivity index (χ2v) is 7.16. The number of ether oxygens (including phenoxy) is 2. The normalized spacial score (nSPS) is 23.5. The van der Waals surface area contributed by atoms with Crippen LogP contribution in [0.2, 0.25) is 0 Å². The molecule has 0 aromatic carbocycles. The minimum atomic E-state index is 0.0262. The van der Waals surface area contributed by atoms with Crippen molar-refractivity contribution in [3.63, 3.8) is 0 Å². The van der Waals surface area contributed by atoms with Crippen LogP contribution >= 0.6 is 11.8 Å². The number of likely N-dealkylation sites (tertiary alicyclic amines) is 1. The van der Waals surface area contributed by atoms with Crippen LogP contribution in [0.15, 0.2) is 12.3 Å². The Morgan fingerprint density at radius 1 is 1.52 bits per heavy atom. The fourth-order valence-electron chi connectivity index (χ4n) is 2.91. The van der Waals surface area contributed by atoms with Crippen molar-refractivity contribution in [3.05, 3.63) is 18.0 Å². The van der Waals surface area contributed by atoms with Gasteiger partial charge in [-0.1, -0.05) is 0 Å². The van der Waals surface area contributed by atoms with Crippen molar-refractivity contribution >= 4 is 17.7 Å². The van der Waals surface area contributed by atoms with Crippen molar-refractivity contribution in [2.45, 2.75) is 23.8 Å². The van der Waals surface area contributed by atoms with Crippen molar-refractivity contribution in [2.75, 3.05) is 39.7 Å². The molecule has 2 saturated heterocycles. The first-order chi connectivity index (χ1) is 10.2. The molecule has 2 aliphatic heterocycles. The summed E-state index contributed by atoms with van der Waals surface area (Å²) in [7, 11) is 3.42. The fourth-order valence-corrected chi connectivity index (χ4v) is 4.51. The van der Waals surface area contributed by atoms with Gasteiger partial charge in [-0.25, -0.2) is 0 Å². The Bertz CT molecular complexity index is 513. The third-order valence-corrected chi connectivity index (χ3v) is 5.71. The molecule has 0 N–H and O–H groups in total. The molecule has 1 atom stereocenters. The average molecular weight is 311 g/mol. The molecular formula is C14H21N3O3S. The van der Waals surface area contributed by atoms with E-state index in [0.29, 0.717) is 24.9 Å². The van der Waals surface area contributed by atoms with E-state index in [4.69, 9.17) is 9.47 Å². The van der Waals surface area contributed by atoms with E-state index in [1.807, 2.05) is 22.9 Å². The zero-order valence-corrected chi connectivity index (χ0v) is 13.3. The molecular weight excluding hydrogens is 290 g/mol. The van der Waals surface area contributed by atoms with E-state index in [1.54, 1.807) is 25.0 Å². The number of thioether (sulfide) groups is 1. The summed E-state index contributed by atoms with van der Waals surface area (Å²) in [5.74, 6) is 1.06. The Hall–Kier alpha value is -1.05. The molecule has 3 heterocycles. The molecule has 0 bridgehead atoms. The number of nitrogens with zero attached hydrogens (tertiary/aromatic N) is 3. The largest absolute Gasteiger partial charge is 0.383 e. The molecule has 2 fully saturated rings. The first-order valence-corrected chi connectivity index (χ1v) is 8.13. The summed E-state index contributed by atoms with van der Waals surface area (Å²) in [5.41, 5.74) is 0.521. The quantitative estimate of drug-likeness (QED) is 0.808. The molecule has 1 amide bonds. The lowest BCUT2D eigenvalue weighted by atomic mass is 9.92. The SMILES string of the molecule is COCCn1ccc(C(=O)N2CC3(C[C@@H](OC)CS3)C2)n1. The Morgan fingerprint density at radius 3 is 3.00 bits per heavy atom. The summed E-state index contributed by atoms with van der Waals surface area (Å²) in [6.07, 6.45) is 3.20. The van der Waals surface area contributed by atoms with E-state index in [2.05, 4.69) is 5.10 Å². The van der Waals surface area contributed by atoms with Crippen molar-refractivity contribution in [1.82, 2.24) is 14.7 Å². The van der Waals surface area contributed by atoms with Crippen LogP contribution in [0, 0.1) is 0 Å². The number of carbonyl (C=O) groups is 1. The Morgan fingerprint density at radius 2 is 2.33 bits per heavy atom. The van der Waals surface area contributed by atoms with Gasteiger partial charge >= 0.3 is 0 Å². The molecule has 7 heteroatoms. The summed E-state index contributed by atoms with van der Waals surface area (Å²) in [6, 6.07) is 1.78. The predicted octanol–water partition coefficient (Wildman–Crippen LogP) is 0.876. The zero-order valence-electron chi connectivity index (χ0n) is 12.4. The second-order valence-electron chi connectivity index (χ2n) is 5.67. The minimum Gasteiger partial charge on any atom is -0.383 e. The van der Waals surface area contributed by atoms with Crippen LogP contribution in [0.3, 0.4) is 0 Å². The summed E-state index contributed by atoms with van der Waals surface area (Å²) >= 11 is 1.94. The lowest BCUT2D eigenvalue weighted by Gasteiger charge is -2.47. The summed E-state index contributed by atoms with van der Waals surface area (Å²) < 4.78 is 12.4. The van der Waals surface area contributed by atoms with Crippen molar-refractivity contribution < 1.29 is 14.3 Å². The van der Waals surface area contributed by atoms with Crippen LogP contribution in [0.5, 0.6) is 0 Å². The van der Waals surface area contributed by atoms with Gasteiger partial charge in [0.05, 0.1) is 24.0 Å². The highest BCUT2D eigenvalue weighted by molar-refractivity contribution is 8.01. The van der Waals surface area contributed by atoms with Gasteiger partial charge < -0.3 is 14.4 Å². The number of amides is 1. The molecule has 0 radical (unpaired) electrons. The molecule has 116 valence electrons. The molecule has 21 heavy (non-hydrogen) atoms. The third kappa shape index (κ3) is 2.95. The molecule has 0 saturated carbocycles. The number of carbonyl (C=O) groups excluding carboxylic acids is 1. The van der Waals surface area contributed by atoms with E-state index >= 15 is 0 Å². The first kappa shape index (κ1) is 14.9. The van der Waals surface area contributed by atoms with Gasteiger partial charge in [0, 0.05) is 39.3 Å². The number of rotatable bonds is 5. The maximum absolute atomic E-state index is 12.4. The van der Waals surface area contributed by atoms with Gasteiger partial charge in [0.25, 0.3) is 5.91 Å². The molecule has 2 aliphatic rings. The lowest BCUT2D eigenvalue weighted by Crippen LogP contribution is -2.60. The number of hydrogen-bond donors (Lipinski definition) is 0. The predicted molar refractivity (Wildman–Crippen MR) is 80.6 cm³/mol. The standard InChI is InChI=1S/C14H21N3O3S/c1-19-6-5-17-4-3-12(15-17)13(18)16-9-14(10-16)7-11(20-2)8-21-14/h3-4,11H,5-10H2,1-2H3/t11-/m1/s1. The molecule has 1 aromatic rings. The summed E-state index contributed by atoms with van der Waals surface area (Å²) in [6.45, 7) is 2.87. The van der Waals surface area contributed by atoms with Crippen LogP contribution in [-0.2, 0) is 16.0 Å². The maximum atomic E-state index is 12.4. The third-order valence-electron chi connectivity index (χ3n) is 4.14. The Labute approximate surface area is 128 Å². The van der Waals surface area contributed by atoms with E-state index in [9.17, 15) is 4.79 Å². The second kappa shape index (κ2) is 5.98. The topological polar surface area (TPSA) is 56.6 Å².